The lowest BCUT2D eigenvalue weighted by Crippen LogP contribution is -1.82. The highest BCUT2D eigenvalue weighted by Crippen LogP contribution is 2.00. The van der Waals surface area contributed by atoms with E-state index in [9.17, 15) is 0 Å². The minimum Gasteiger partial charge on any atom is -0.307 e. The Morgan fingerprint density at radius 2 is 1.73 bits per heavy atom. The van der Waals surface area contributed by atoms with Crippen LogP contribution in [0, 0.1) is 0 Å². The lowest BCUT2D eigenvalue weighted by molar-refractivity contribution is -0.0979. The van der Waals surface area contributed by atoms with Crippen molar-refractivity contribution in [2.45, 2.75) is 6.42 Å². The van der Waals surface area contributed by atoms with Crippen LogP contribution >= 0.6 is 15.9 Å². The average molecular weight is 215 g/mol. The molecule has 0 saturated heterocycles. The Kier molecular flexibility index (Phi) is 7.05. The zero-order valence-corrected chi connectivity index (χ0v) is 7.88. The summed E-state index contributed by atoms with van der Waals surface area (Å²) in [7, 11) is 0. The highest BCUT2D eigenvalue weighted by Gasteiger charge is 1.85. The van der Waals surface area contributed by atoms with Crippen LogP contribution in [-0.2, 0) is 11.2 Å². The Morgan fingerprint density at radius 3 is 2.18 bits per heavy atom. The summed E-state index contributed by atoms with van der Waals surface area (Å²) in [6.07, 6.45) is 1.13. The summed E-state index contributed by atoms with van der Waals surface area (Å²) in [5.41, 5.74) is 1.40. The van der Waals surface area contributed by atoms with Gasteiger partial charge in [-0.05, 0) is 12.0 Å². The molecule has 1 rings (SSSR count). The summed E-state index contributed by atoms with van der Waals surface area (Å²) in [6.45, 7) is 2.00. The van der Waals surface area contributed by atoms with E-state index in [0.717, 1.165) is 11.8 Å². The molecule has 0 aliphatic rings. The van der Waals surface area contributed by atoms with Gasteiger partial charge in [-0.1, -0.05) is 46.3 Å². The van der Waals surface area contributed by atoms with E-state index in [1.54, 1.807) is 0 Å². The van der Waals surface area contributed by atoms with Crippen LogP contribution in [0.15, 0.2) is 30.3 Å². The normalized spacial score (nSPS) is 8.09. The van der Waals surface area contributed by atoms with Gasteiger partial charge in [0.05, 0.1) is 0 Å². The summed E-state index contributed by atoms with van der Waals surface area (Å²) in [5.74, 6) is 0. The smallest absolute Gasteiger partial charge is 0.106 e. The Hall–Kier alpha value is -0.630. The second kappa shape index (κ2) is 7.48. The molecule has 1 aromatic rings. The molecule has 0 bridgehead atoms. The quantitative estimate of drug-likeness (QED) is 0.692. The second-order valence-electron chi connectivity index (χ2n) is 1.92. The number of aryl methyl sites for hydroxylation is 1. The van der Waals surface area contributed by atoms with E-state index in [2.05, 4.69) is 40.2 Å². The van der Waals surface area contributed by atoms with Crippen LogP contribution in [-0.4, -0.2) is 12.1 Å². The molecule has 0 aliphatic carbocycles. The minimum absolute atomic E-state index is 1.05. The number of carbonyl (C=O) groups is 1. The van der Waals surface area contributed by atoms with E-state index in [-0.39, 0.29) is 0 Å². The maximum Gasteiger partial charge on any atom is 0.106 e. The molecule has 0 saturated carbocycles. The molecule has 0 aliphatic heterocycles. The number of halogens is 1. The fraction of sp³-hybridized carbons (Fsp3) is 0.222. The molecule has 0 spiro atoms. The van der Waals surface area contributed by atoms with Gasteiger partial charge in [0.25, 0.3) is 0 Å². The Labute approximate surface area is 75.6 Å². The van der Waals surface area contributed by atoms with Gasteiger partial charge in [-0.3, -0.25) is 0 Å². The van der Waals surface area contributed by atoms with Crippen molar-refractivity contribution in [3.05, 3.63) is 35.9 Å². The molecule has 0 N–H and O–H groups in total. The largest absolute Gasteiger partial charge is 0.307 e. The minimum atomic E-state index is 1.05. The van der Waals surface area contributed by atoms with Gasteiger partial charge in [0.1, 0.15) is 6.79 Å². The van der Waals surface area contributed by atoms with Crippen LogP contribution in [0.25, 0.3) is 0 Å². The van der Waals surface area contributed by atoms with Crippen LogP contribution in [0.2, 0.25) is 0 Å². The zero-order valence-electron chi connectivity index (χ0n) is 6.29. The number of rotatable bonds is 2. The fourth-order valence-corrected chi connectivity index (χ4v) is 1.21. The SMILES string of the molecule is BrCCc1ccccc1.C=O. The van der Waals surface area contributed by atoms with Crippen molar-refractivity contribution in [1.29, 1.82) is 0 Å². The monoisotopic (exact) mass is 214 g/mol. The van der Waals surface area contributed by atoms with Gasteiger partial charge in [-0.25, -0.2) is 0 Å². The third-order valence-corrected chi connectivity index (χ3v) is 1.62. The molecule has 0 aromatic heterocycles. The Balaban J connectivity index is 0.000000461. The van der Waals surface area contributed by atoms with E-state index in [4.69, 9.17) is 4.79 Å². The Bertz CT molecular complexity index is 174. The first-order valence-corrected chi connectivity index (χ1v) is 4.44. The number of hydrogen-bond acceptors (Lipinski definition) is 1. The average Bonchev–Trinajstić information content (AvgIpc) is 2.11. The molecule has 1 aromatic carbocycles. The van der Waals surface area contributed by atoms with Gasteiger partial charge in [-0.2, -0.15) is 0 Å². The van der Waals surface area contributed by atoms with E-state index in [0.29, 0.717) is 0 Å². The molecule has 1 nitrogen and oxygen atoms in total. The highest BCUT2D eigenvalue weighted by atomic mass is 79.9. The predicted molar refractivity (Wildman–Crippen MR) is 51.1 cm³/mol. The third-order valence-electron chi connectivity index (χ3n) is 1.23. The molecule has 0 fully saturated rings. The maximum atomic E-state index is 8.00. The predicted octanol–water partition coefficient (Wildman–Crippen LogP) is 2.44. The van der Waals surface area contributed by atoms with Crippen molar-refractivity contribution in [3.8, 4) is 0 Å². The van der Waals surface area contributed by atoms with Crippen molar-refractivity contribution >= 4 is 22.7 Å². The second-order valence-corrected chi connectivity index (χ2v) is 2.72. The van der Waals surface area contributed by atoms with Crippen molar-refractivity contribution in [1.82, 2.24) is 0 Å². The van der Waals surface area contributed by atoms with Gasteiger partial charge in [0.2, 0.25) is 0 Å². The maximum absolute atomic E-state index is 8.00. The van der Waals surface area contributed by atoms with Gasteiger partial charge in [0.15, 0.2) is 0 Å². The molecule has 0 heterocycles. The molecule has 0 radical (unpaired) electrons. The van der Waals surface area contributed by atoms with Gasteiger partial charge < -0.3 is 4.79 Å². The highest BCUT2D eigenvalue weighted by molar-refractivity contribution is 9.09. The molecule has 0 unspecified atom stereocenters. The van der Waals surface area contributed by atoms with Crippen LogP contribution in [0.1, 0.15) is 5.56 Å². The van der Waals surface area contributed by atoms with E-state index in [1.807, 2.05) is 12.9 Å². The van der Waals surface area contributed by atoms with Crippen LogP contribution in [0.3, 0.4) is 0 Å². The van der Waals surface area contributed by atoms with E-state index >= 15 is 0 Å². The van der Waals surface area contributed by atoms with Crippen LogP contribution in [0.4, 0.5) is 0 Å². The topological polar surface area (TPSA) is 17.1 Å². The number of benzene rings is 1. The van der Waals surface area contributed by atoms with Crippen LogP contribution in [0.5, 0.6) is 0 Å². The van der Waals surface area contributed by atoms with Crippen molar-refractivity contribution in [3.63, 3.8) is 0 Å². The van der Waals surface area contributed by atoms with E-state index < -0.39 is 0 Å². The lowest BCUT2D eigenvalue weighted by atomic mass is 10.2. The molecule has 11 heavy (non-hydrogen) atoms. The lowest BCUT2D eigenvalue weighted by Gasteiger charge is -1.92. The van der Waals surface area contributed by atoms with Crippen LogP contribution < -0.4 is 0 Å². The molecule has 60 valence electrons. The third kappa shape index (κ3) is 4.73. The molecule has 0 atom stereocenters. The molecule has 0 amide bonds. The summed E-state index contributed by atoms with van der Waals surface area (Å²) in [5, 5.41) is 1.05. The van der Waals surface area contributed by atoms with Gasteiger partial charge in [-0.15, -0.1) is 0 Å². The van der Waals surface area contributed by atoms with Crippen molar-refractivity contribution < 1.29 is 4.79 Å². The van der Waals surface area contributed by atoms with Gasteiger partial charge >= 0.3 is 0 Å². The Morgan fingerprint density at radius 1 is 1.18 bits per heavy atom. The number of alkyl halides is 1. The fourth-order valence-electron chi connectivity index (χ4n) is 0.754. The molecule has 2 heteroatoms. The van der Waals surface area contributed by atoms with Crippen molar-refractivity contribution in [2.75, 3.05) is 5.33 Å². The standard InChI is InChI=1S/C8H9Br.CH2O/c9-7-6-8-4-2-1-3-5-8;1-2/h1-5H,6-7H2;1H2. The number of hydrogen-bond donors (Lipinski definition) is 0. The first-order chi connectivity index (χ1) is 5.43. The zero-order chi connectivity index (χ0) is 8.53. The summed E-state index contributed by atoms with van der Waals surface area (Å²) in [6, 6.07) is 10.5. The summed E-state index contributed by atoms with van der Waals surface area (Å²) in [4.78, 5) is 8.00. The summed E-state index contributed by atoms with van der Waals surface area (Å²) >= 11 is 3.39. The first kappa shape index (κ1) is 10.4. The van der Waals surface area contributed by atoms with Crippen molar-refractivity contribution in [2.24, 2.45) is 0 Å². The summed E-state index contributed by atoms with van der Waals surface area (Å²) < 4.78 is 0. The first-order valence-electron chi connectivity index (χ1n) is 3.32. The molecular weight excluding hydrogens is 204 g/mol. The molecular formula is C9H11BrO. The number of carbonyl (C=O) groups excluding carboxylic acids is 1. The van der Waals surface area contributed by atoms with E-state index in [1.165, 1.54) is 5.56 Å². The van der Waals surface area contributed by atoms with Gasteiger partial charge in [0, 0.05) is 5.33 Å².